The Morgan fingerprint density at radius 1 is 1.15 bits per heavy atom. The predicted octanol–water partition coefficient (Wildman–Crippen LogP) is 4.80. The van der Waals surface area contributed by atoms with Gasteiger partial charge in [0, 0.05) is 10.0 Å². The second kappa shape index (κ2) is 6.95. The van der Waals surface area contributed by atoms with Crippen molar-refractivity contribution in [3.8, 4) is 5.75 Å². The highest BCUT2D eigenvalue weighted by Crippen LogP contribution is 2.32. The van der Waals surface area contributed by atoms with E-state index >= 15 is 0 Å². The zero-order valence-electron chi connectivity index (χ0n) is 13.6. The first-order valence-corrected chi connectivity index (χ1v) is 8.00. The summed E-state index contributed by atoms with van der Waals surface area (Å²) in [6.45, 7) is 12.3. The van der Waals surface area contributed by atoms with Gasteiger partial charge in [0.25, 0.3) is 0 Å². The van der Waals surface area contributed by atoms with E-state index in [0.717, 1.165) is 29.6 Å². The average molecular weight is 342 g/mol. The van der Waals surface area contributed by atoms with Crippen LogP contribution in [0.1, 0.15) is 46.6 Å². The molecule has 0 atom stereocenters. The third kappa shape index (κ3) is 6.27. The Morgan fingerprint density at radius 3 is 2.35 bits per heavy atom. The van der Waals surface area contributed by atoms with Crippen LogP contribution in [0.2, 0.25) is 0 Å². The van der Waals surface area contributed by atoms with Crippen LogP contribution >= 0.6 is 15.9 Å². The lowest BCUT2D eigenvalue weighted by Gasteiger charge is -2.28. The molecule has 1 aromatic rings. The zero-order chi connectivity index (χ0) is 15.4. The molecule has 0 aliphatic heterocycles. The first-order valence-electron chi connectivity index (χ1n) is 7.20. The highest BCUT2D eigenvalue weighted by Gasteiger charge is 2.21. The number of nitrogens with one attached hydrogen (secondary N) is 1. The van der Waals surface area contributed by atoms with E-state index in [1.54, 1.807) is 7.11 Å². The molecule has 0 saturated carbocycles. The fourth-order valence-corrected chi connectivity index (χ4v) is 2.67. The minimum absolute atomic E-state index is 0.184. The summed E-state index contributed by atoms with van der Waals surface area (Å²) in [5.41, 5.74) is 1.69. The lowest BCUT2D eigenvalue weighted by Crippen LogP contribution is -2.38. The molecule has 0 bridgehead atoms. The fraction of sp³-hybridized carbons (Fsp3) is 0.647. The van der Waals surface area contributed by atoms with Crippen LogP contribution in [0.25, 0.3) is 0 Å². The van der Waals surface area contributed by atoms with Gasteiger partial charge in [-0.05, 0) is 69.3 Å². The van der Waals surface area contributed by atoms with E-state index in [9.17, 15) is 0 Å². The third-order valence-electron chi connectivity index (χ3n) is 3.37. The van der Waals surface area contributed by atoms with Crippen LogP contribution in [0.3, 0.4) is 0 Å². The topological polar surface area (TPSA) is 21.3 Å². The summed E-state index contributed by atoms with van der Waals surface area (Å²) in [5.74, 6) is 0.977. The number of halogens is 1. The van der Waals surface area contributed by atoms with E-state index in [2.05, 4.69) is 61.9 Å². The second-order valence-electron chi connectivity index (χ2n) is 7.22. The van der Waals surface area contributed by atoms with Crippen molar-refractivity contribution < 1.29 is 4.74 Å². The normalized spacial score (nSPS) is 12.6. The van der Waals surface area contributed by atoms with Gasteiger partial charge < -0.3 is 10.1 Å². The Balaban J connectivity index is 2.68. The summed E-state index contributed by atoms with van der Waals surface area (Å²) >= 11 is 3.54. The summed E-state index contributed by atoms with van der Waals surface area (Å²) in [5, 5.41) is 3.56. The van der Waals surface area contributed by atoms with Gasteiger partial charge in [0.1, 0.15) is 5.75 Å². The largest absolute Gasteiger partial charge is 0.496 e. The molecule has 1 N–H and O–H groups in total. The molecular formula is C17H28BrNO. The number of hydrogen-bond donors (Lipinski definition) is 1. The van der Waals surface area contributed by atoms with Gasteiger partial charge in [-0.3, -0.25) is 0 Å². The summed E-state index contributed by atoms with van der Waals surface area (Å²) in [6.07, 6.45) is 2.15. The highest BCUT2D eigenvalue weighted by atomic mass is 79.9. The van der Waals surface area contributed by atoms with Gasteiger partial charge in [-0.25, -0.2) is 0 Å². The monoisotopic (exact) mass is 341 g/mol. The molecule has 1 rings (SSSR count). The van der Waals surface area contributed by atoms with Gasteiger partial charge in [-0.2, -0.15) is 0 Å². The van der Waals surface area contributed by atoms with Gasteiger partial charge in [-0.15, -0.1) is 0 Å². The molecule has 0 amide bonds. The second-order valence-corrected chi connectivity index (χ2v) is 8.14. The van der Waals surface area contributed by atoms with Crippen molar-refractivity contribution >= 4 is 15.9 Å². The first kappa shape index (κ1) is 17.5. The smallest absolute Gasteiger partial charge is 0.122 e. The van der Waals surface area contributed by atoms with Crippen molar-refractivity contribution in [1.82, 2.24) is 5.32 Å². The van der Waals surface area contributed by atoms with Crippen LogP contribution in [-0.2, 0) is 6.42 Å². The van der Waals surface area contributed by atoms with Crippen LogP contribution in [0, 0.1) is 5.41 Å². The molecule has 0 spiro atoms. The number of hydrogen-bond acceptors (Lipinski definition) is 2. The summed E-state index contributed by atoms with van der Waals surface area (Å²) in [7, 11) is 1.74. The lowest BCUT2D eigenvalue weighted by molar-refractivity contribution is 0.297. The number of methoxy groups -OCH3 is 1. The molecule has 0 aliphatic rings. The minimum Gasteiger partial charge on any atom is -0.496 e. The van der Waals surface area contributed by atoms with Crippen molar-refractivity contribution in [2.45, 2.75) is 53.0 Å². The zero-order valence-corrected chi connectivity index (χ0v) is 15.2. The Kier molecular flexibility index (Phi) is 6.08. The van der Waals surface area contributed by atoms with Crippen molar-refractivity contribution in [2.75, 3.05) is 13.7 Å². The molecular weight excluding hydrogens is 314 g/mol. The minimum atomic E-state index is 0.184. The van der Waals surface area contributed by atoms with Gasteiger partial charge in [0.15, 0.2) is 0 Å². The maximum Gasteiger partial charge on any atom is 0.122 e. The summed E-state index contributed by atoms with van der Waals surface area (Å²) < 4.78 is 6.58. The Labute approximate surface area is 132 Å². The van der Waals surface area contributed by atoms with Crippen LogP contribution in [0.4, 0.5) is 0 Å². The highest BCUT2D eigenvalue weighted by molar-refractivity contribution is 9.10. The van der Waals surface area contributed by atoms with Crippen molar-refractivity contribution in [1.29, 1.82) is 0 Å². The molecule has 114 valence electrons. The van der Waals surface area contributed by atoms with Gasteiger partial charge in [0.05, 0.1) is 7.11 Å². The molecule has 3 heteroatoms. The van der Waals surface area contributed by atoms with Crippen LogP contribution in [0.5, 0.6) is 5.75 Å². The Bertz CT molecular complexity index is 435. The standard InChI is InChI=1S/C17H28BrNO/c1-16(2,3)19-10-9-17(4,5)12-13-11-14(18)7-8-15(13)20-6/h7-8,11,19H,9-10,12H2,1-6H3. The van der Waals surface area contributed by atoms with E-state index < -0.39 is 0 Å². The lowest BCUT2D eigenvalue weighted by atomic mass is 9.82. The fourth-order valence-electron chi connectivity index (χ4n) is 2.27. The van der Waals surface area contributed by atoms with E-state index in [-0.39, 0.29) is 11.0 Å². The van der Waals surface area contributed by atoms with Gasteiger partial charge >= 0.3 is 0 Å². The number of ether oxygens (including phenoxy) is 1. The molecule has 0 saturated heterocycles. The molecule has 0 fully saturated rings. The predicted molar refractivity (Wildman–Crippen MR) is 90.6 cm³/mol. The van der Waals surface area contributed by atoms with Crippen LogP contribution in [-0.4, -0.2) is 19.2 Å². The quantitative estimate of drug-likeness (QED) is 0.801. The van der Waals surface area contributed by atoms with E-state index in [0.29, 0.717) is 0 Å². The molecule has 2 nitrogen and oxygen atoms in total. The maximum atomic E-state index is 5.47. The average Bonchev–Trinajstić information content (AvgIpc) is 2.26. The van der Waals surface area contributed by atoms with Crippen LogP contribution in [0.15, 0.2) is 22.7 Å². The van der Waals surface area contributed by atoms with E-state index in [4.69, 9.17) is 4.74 Å². The molecule has 0 radical (unpaired) electrons. The van der Waals surface area contributed by atoms with Crippen LogP contribution < -0.4 is 10.1 Å². The molecule has 0 unspecified atom stereocenters. The SMILES string of the molecule is COc1ccc(Br)cc1CC(C)(C)CCNC(C)(C)C. The molecule has 1 aromatic carbocycles. The van der Waals surface area contributed by atoms with Gasteiger partial charge in [-0.1, -0.05) is 29.8 Å². The third-order valence-corrected chi connectivity index (χ3v) is 3.86. The molecule has 0 heterocycles. The van der Waals surface area contributed by atoms with Crippen molar-refractivity contribution in [3.63, 3.8) is 0 Å². The van der Waals surface area contributed by atoms with Crippen molar-refractivity contribution in [3.05, 3.63) is 28.2 Å². The molecule has 0 aromatic heterocycles. The summed E-state index contributed by atoms with van der Waals surface area (Å²) in [6, 6.07) is 6.22. The Hall–Kier alpha value is -0.540. The van der Waals surface area contributed by atoms with Gasteiger partial charge in [0.2, 0.25) is 0 Å². The molecule has 0 aliphatic carbocycles. The maximum absolute atomic E-state index is 5.47. The van der Waals surface area contributed by atoms with Crippen molar-refractivity contribution in [2.24, 2.45) is 5.41 Å². The van der Waals surface area contributed by atoms with E-state index in [1.165, 1.54) is 5.56 Å². The number of rotatable bonds is 6. The summed E-state index contributed by atoms with van der Waals surface area (Å²) in [4.78, 5) is 0. The van der Waals surface area contributed by atoms with E-state index in [1.807, 2.05) is 12.1 Å². The first-order chi connectivity index (χ1) is 9.13. The number of benzene rings is 1. The molecule has 20 heavy (non-hydrogen) atoms. The Morgan fingerprint density at radius 2 is 1.80 bits per heavy atom.